The lowest BCUT2D eigenvalue weighted by Gasteiger charge is -2.15. The quantitative estimate of drug-likeness (QED) is 0.589. The maximum Gasteiger partial charge on any atom is 0.307 e. The Balaban J connectivity index is 1.94. The molecule has 0 unspecified atom stereocenters. The topological polar surface area (TPSA) is 107 Å². The SMILES string of the molecule is COC(=O)CCNC(=O)c1ccc(-c2ccnc(C)c2-c2ccc(N)nc2C)cc1F. The second-order valence-corrected chi connectivity index (χ2v) is 6.96. The van der Waals surface area contributed by atoms with E-state index < -0.39 is 17.7 Å². The number of nitrogens with two attached hydrogens (primary N) is 1. The first-order valence-electron chi connectivity index (χ1n) is 9.66. The number of aromatic nitrogens is 2. The first-order valence-corrected chi connectivity index (χ1v) is 9.66. The lowest BCUT2D eigenvalue weighted by Crippen LogP contribution is -2.27. The third kappa shape index (κ3) is 4.85. The molecule has 0 aliphatic rings. The van der Waals surface area contributed by atoms with Crippen molar-refractivity contribution in [3.05, 3.63) is 65.4 Å². The van der Waals surface area contributed by atoms with Gasteiger partial charge in [-0.05, 0) is 55.3 Å². The number of esters is 1. The van der Waals surface area contributed by atoms with E-state index in [0.29, 0.717) is 11.4 Å². The molecule has 3 aromatic rings. The number of benzene rings is 1. The van der Waals surface area contributed by atoms with E-state index in [2.05, 4.69) is 20.0 Å². The Morgan fingerprint density at radius 2 is 1.87 bits per heavy atom. The van der Waals surface area contributed by atoms with Crippen LogP contribution in [0.3, 0.4) is 0 Å². The van der Waals surface area contributed by atoms with Crippen LogP contribution >= 0.6 is 0 Å². The number of aryl methyl sites for hydroxylation is 2. The zero-order chi connectivity index (χ0) is 22.5. The zero-order valence-corrected chi connectivity index (χ0v) is 17.5. The zero-order valence-electron chi connectivity index (χ0n) is 17.5. The first kappa shape index (κ1) is 21.9. The van der Waals surface area contributed by atoms with E-state index in [1.54, 1.807) is 24.4 Å². The molecule has 0 bridgehead atoms. The van der Waals surface area contributed by atoms with Crippen LogP contribution in [0.4, 0.5) is 10.2 Å². The fourth-order valence-electron chi connectivity index (χ4n) is 3.33. The van der Waals surface area contributed by atoms with Crippen LogP contribution in [-0.4, -0.2) is 35.5 Å². The van der Waals surface area contributed by atoms with Gasteiger partial charge < -0.3 is 15.8 Å². The first-order chi connectivity index (χ1) is 14.8. The molecule has 8 heteroatoms. The fraction of sp³-hybridized carbons (Fsp3) is 0.217. The summed E-state index contributed by atoms with van der Waals surface area (Å²) in [5.74, 6) is -1.31. The lowest BCUT2D eigenvalue weighted by atomic mass is 9.92. The highest BCUT2D eigenvalue weighted by molar-refractivity contribution is 5.95. The number of carbonyl (C=O) groups is 2. The van der Waals surface area contributed by atoms with Gasteiger partial charge in [-0.3, -0.25) is 14.6 Å². The van der Waals surface area contributed by atoms with Gasteiger partial charge in [0.1, 0.15) is 11.6 Å². The van der Waals surface area contributed by atoms with Crippen molar-refractivity contribution in [1.29, 1.82) is 0 Å². The summed E-state index contributed by atoms with van der Waals surface area (Å²) >= 11 is 0. The maximum absolute atomic E-state index is 14.8. The second-order valence-electron chi connectivity index (χ2n) is 6.96. The van der Waals surface area contributed by atoms with E-state index in [-0.39, 0.29) is 18.5 Å². The van der Waals surface area contributed by atoms with Crippen molar-refractivity contribution in [1.82, 2.24) is 15.3 Å². The van der Waals surface area contributed by atoms with Gasteiger partial charge in [-0.15, -0.1) is 0 Å². The van der Waals surface area contributed by atoms with E-state index in [4.69, 9.17) is 5.73 Å². The van der Waals surface area contributed by atoms with E-state index in [9.17, 15) is 14.0 Å². The van der Waals surface area contributed by atoms with E-state index >= 15 is 0 Å². The molecule has 1 aromatic carbocycles. The van der Waals surface area contributed by atoms with Crippen molar-refractivity contribution >= 4 is 17.7 Å². The number of nitrogens with one attached hydrogen (secondary N) is 1. The highest BCUT2D eigenvalue weighted by atomic mass is 19.1. The largest absolute Gasteiger partial charge is 0.469 e. The Bertz CT molecular complexity index is 1150. The van der Waals surface area contributed by atoms with Gasteiger partial charge in [0.05, 0.1) is 19.1 Å². The van der Waals surface area contributed by atoms with Crippen LogP contribution in [0.25, 0.3) is 22.3 Å². The Morgan fingerprint density at radius 3 is 2.55 bits per heavy atom. The summed E-state index contributed by atoms with van der Waals surface area (Å²) in [6.45, 7) is 3.78. The lowest BCUT2D eigenvalue weighted by molar-refractivity contribution is -0.140. The molecule has 0 radical (unpaired) electrons. The summed E-state index contributed by atoms with van der Waals surface area (Å²) in [7, 11) is 1.26. The molecular weight excluding hydrogens is 399 g/mol. The Morgan fingerprint density at radius 1 is 1.10 bits per heavy atom. The molecule has 0 aliphatic carbocycles. The van der Waals surface area contributed by atoms with E-state index in [0.717, 1.165) is 28.1 Å². The van der Waals surface area contributed by atoms with Crippen LogP contribution in [0.1, 0.15) is 28.2 Å². The van der Waals surface area contributed by atoms with Gasteiger partial charge >= 0.3 is 5.97 Å². The molecule has 1 amide bonds. The normalized spacial score (nSPS) is 10.6. The minimum absolute atomic E-state index is 0.0105. The molecule has 3 rings (SSSR count). The van der Waals surface area contributed by atoms with Crippen LogP contribution < -0.4 is 11.1 Å². The van der Waals surface area contributed by atoms with Crippen molar-refractivity contribution in [3.63, 3.8) is 0 Å². The smallest absolute Gasteiger partial charge is 0.307 e. The van der Waals surface area contributed by atoms with Crippen LogP contribution in [-0.2, 0) is 9.53 Å². The van der Waals surface area contributed by atoms with Crippen molar-refractivity contribution < 1.29 is 18.7 Å². The summed E-state index contributed by atoms with van der Waals surface area (Å²) in [6, 6.07) is 9.78. The highest BCUT2D eigenvalue weighted by Crippen LogP contribution is 2.35. The summed E-state index contributed by atoms with van der Waals surface area (Å²) in [6.07, 6.45) is 1.66. The number of pyridine rings is 2. The number of hydrogen-bond acceptors (Lipinski definition) is 6. The van der Waals surface area contributed by atoms with E-state index in [1.165, 1.54) is 19.2 Å². The van der Waals surface area contributed by atoms with Gasteiger partial charge in [0.2, 0.25) is 0 Å². The monoisotopic (exact) mass is 422 g/mol. The van der Waals surface area contributed by atoms with Crippen molar-refractivity contribution in [3.8, 4) is 22.3 Å². The molecule has 31 heavy (non-hydrogen) atoms. The Hall–Kier alpha value is -3.81. The average molecular weight is 422 g/mol. The highest BCUT2D eigenvalue weighted by Gasteiger charge is 2.17. The van der Waals surface area contributed by atoms with Crippen molar-refractivity contribution in [2.75, 3.05) is 19.4 Å². The van der Waals surface area contributed by atoms with Crippen LogP contribution in [0, 0.1) is 19.7 Å². The third-order valence-corrected chi connectivity index (χ3v) is 4.88. The van der Waals surface area contributed by atoms with Crippen LogP contribution in [0.15, 0.2) is 42.6 Å². The minimum atomic E-state index is -0.666. The van der Waals surface area contributed by atoms with Gasteiger partial charge in [0.15, 0.2) is 0 Å². The van der Waals surface area contributed by atoms with Crippen LogP contribution in [0.5, 0.6) is 0 Å². The van der Waals surface area contributed by atoms with Crippen LogP contribution in [0.2, 0.25) is 0 Å². The molecule has 0 atom stereocenters. The summed E-state index contributed by atoms with van der Waals surface area (Å²) < 4.78 is 19.3. The number of carbonyl (C=O) groups excluding carboxylic acids is 2. The number of hydrogen-bond donors (Lipinski definition) is 2. The second kappa shape index (κ2) is 9.34. The van der Waals surface area contributed by atoms with Gasteiger partial charge in [-0.25, -0.2) is 9.37 Å². The van der Waals surface area contributed by atoms with Gasteiger partial charge in [-0.2, -0.15) is 0 Å². The molecular formula is C23H23FN4O3. The summed E-state index contributed by atoms with van der Waals surface area (Å²) in [4.78, 5) is 32.1. The molecule has 0 fully saturated rings. The van der Waals surface area contributed by atoms with Crippen molar-refractivity contribution in [2.45, 2.75) is 20.3 Å². The number of nitrogen functional groups attached to an aromatic ring is 1. The number of methoxy groups -OCH3 is 1. The van der Waals surface area contributed by atoms with E-state index in [1.807, 2.05) is 19.9 Å². The third-order valence-electron chi connectivity index (χ3n) is 4.88. The standard InChI is InChI=1S/C23H23FN4O3/c1-13-16(6-7-20(25)28-13)22-14(2)26-10-8-17(22)15-4-5-18(19(24)12-15)23(30)27-11-9-21(29)31-3/h4-8,10,12H,9,11H2,1-3H3,(H2,25,28)(H,27,30). The molecule has 7 nitrogen and oxygen atoms in total. The maximum atomic E-state index is 14.8. The molecule has 0 spiro atoms. The Labute approximate surface area is 179 Å². The molecule has 2 heterocycles. The van der Waals surface area contributed by atoms with Crippen molar-refractivity contribution in [2.24, 2.45) is 0 Å². The number of ether oxygens (including phenoxy) is 1. The van der Waals surface area contributed by atoms with Gasteiger partial charge in [0, 0.05) is 35.3 Å². The predicted molar refractivity (Wildman–Crippen MR) is 116 cm³/mol. The van der Waals surface area contributed by atoms with Gasteiger partial charge in [-0.1, -0.05) is 6.07 Å². The molecule has 3 N–H and O–H groups in total. The summed E-state index contributed by atoms with van der Waals surface area (Å²) in [5, 5.41) is 2.51. The number of rotatable bonds is 6. The van der Waals surface area contributed by atoms with Gasteiger partial charge in [0.25, 0.3) is 5.91 Å². The Kier molecular flexibility index (Phi) is 6.59. The molecule has 0 saturated heterocycles. The molecule has 2 aromatic heterocycles. The molecule has 0 saturated carbocycles. The minimum Gasteiger partial charge on any atom is -0.469 e. The number of anilines is 1. The number of amides is 1. The summed E-state index contributed by atoms with van der Waals surface area (Å²) in [5.41, 5.74) is 10.2. The molecule has 0 aliphatic heterocycles. The average Bonchev–Trinajstić information content (AvgIpc) is 2.73. The predicted octanol–water partition coefficient (Wildman–Crippen LogP) is 3.44. The number of halogens is 1. The fourth-order valence-corrected chi connectivity index (χ4v) is 3.33. The molecule has 160 valence electrons. The number of nitrogens with zero attached hydrogens (tertiary/aromatic N) is 2.